The molecule has 2 amide bonds. The molecule has 6 heteroatoms. The summed E-state index contributed by atoms with van der Waals surface area (Å²) >= 11 is 0. The topological polar surface area (TPSA) is 109 Å². The molecular weight excluding hydrogens is 248 g/mol. The maximum absolute atomic E-state index is 11.7. The number of aryl methyl sites for hydroxylation is 1. The lowest BCUT2D eigenvalue weighted by Gasteiger charge is -2.13. The minimum atomic E-state index is -1.28. The number of hydrogen-bond acceptors (Lipinski definition) is 3. The highest BCUT2D eigenvalue weighted by Gasteiger charge is 2.22. The van der Waals surface area contributed by atoms with Crippen molar-refractivity contribution in [3.05, 3.63) is 35.4 Å². The van der Waals surface area contributed by atoms with Crippen LogP contribution in [0.15, 0.2) is 24.3 Å². The van der Waals surface area contributed by atoms with E-state index in [9.17, 15) is 14.4 Å². The Morgan fingerprint density at radius 3 is 2.47 bits per heavy atom. The number of amides is 2. The molecule has 0 spiro atoms. The first kappa shape index (κ1) is 14.7. The fourth-order valence-electron chi connectivity index (χ4n) is 1.63. The van der Waals surface area contributed by atoms with Crippen molar-refractivity contribution in [2.45, 2.75) is 25.8 Å². The van der Waals surface area contributed by atoms with E-state index in [1.165, 1.54) is 0 Å². The van der Waals surface area contributed by atoms with Gasteiger partial charge in [0, 0.05) is 0 Å². The fourth-order valence-corrected chi connectivity index (χ4v) is 1.63. The number of carbonyl (C=O) groups excluding carboxylic acids is 2. The van der Waals surface area contributed by atoms with E-state index in [0.29, 0.717) is 0 Å². The number of rotatable bonds is 6. The predicted octanol–water partition coefficient (Wildman–Crippen LogP) is -0.0177. The second kappa shape index (κ2) is 6.53. The van der Waals surface area contributed by atoms with Gasteiger partial charge in [-0.2, -0.15) is 0 Å². The van der Waals surface area contributed by atoms with Crippen LogP contribution in [0.1, 0.15) is 17.5 Å². The highest BCUT2D eigenvalue weighted by Crippen LogP contribution is 2.07. The molecule has 6 nitrogen and oxygen atoms in total. The summed E-state index contributed by atoms with van der Waals surface area (Å²) in [5.41, 5.74) is 6.68. The largest absolute Gasteiger partial charge is 0.480 e. The number of nitrogens with two attached hydrogens (primary N) is 1. The van der Waals surface area contributed by atoms with Crippen LogP contribution in [0.2, 0.25) is 0 Å². The van der Waals surface area contributed by atoms with Crippen molar-refractivity contribution in [1.82, 2.24) is 5.32 Å². The van der Waals surface area contributed by atoms with E-state index in [1.54, 1.807) is 12.1 Å². The van der Waals surface area contributed by atoms with E-state index in [4.69, 9.17) is 10.8 Å². The number of hydrogen-bond donors (Lipinski definition) is 3. The first-order valence-corrected chi connectivity index (χ1v) is 5.75. The van der Waals surface area contributed by atoms with Crippen LogP contribution < -0.4 is 11.1 Å². The Morgan fingerprint density at radius 2 is 1.95 bits per heavy atom. The summed E-state index contributed by atoms with van der Waals surface area (Å²) < 4.78 is 0. The number of carboxylic acid groups (broad SMARTS) is 1. The van der Waals surface area contributed by atoms with Gasteiger partial charge >= 0.3 is 5.97 Å². The third kappa shape index (κ3) is 4.79. The van der Waals surface area contributed by atoms with Gasteiger partial charge in [0.25, 0.3) is 0 Å². The molecule has 1 rings (SSSR count). The van der Waals surface area contributed by atoms with E-state index in [-0.39, 0.29) is 6.42 Å². The van der Waals surface area contributed by atoms with Crippen molar-refractivity contribution in [3.63, 3.8) is 0 Å². The molecule has 0 aliphatic rings. The molecule has 4 N–H and O–H groups in total. The Hall–Kier alpha value is -2.37. The Bertz CT molecular complexity index is 499. The molecule has 0 bridgehead atoms. The average Bonchev–Trinajstić information content (AvgIpc) is 2.30. The summed E-state index contributed by atoms with van der Waals surface area (Å²) in [6.45, 7) is 1.86. The molecule has 19 heavy (non-hydrogen) atoms. The molecule has 0 unspecified atom stereocenters. The minimum Gasteiger partial charge on any atom is -0.480 e. The average molecular weight is 264 g/mol. The standard InChI is InChI=1S/C13H16N2O4/c1-8-4-2-3-5-9(8)6-12(17)15-10(13(18)19)7-11(14)16/h2-5,10H,6-7H2,1H3,(H2,14,16)(H,15,17)(H,18,19)/t10-/m0/s1. The van der Waals surface area contributed by atoms with Crippen LogP contribution in [0.25, 0.3) is 0 Å². The van der Waals surface area contributed by atoms with Crippen LogP contribution in [0.4, 0.5) is 0 Å². The predicted molar refractivity (Wildman–Crippen MR) is 68.3 cm³/mol. The molecule has 0 saturated heterocycles. The van der Waals surface area contributed by atoms with Gasteiger partial charge in [-0.25, -0.2) is 4.79 Å². The monoisotopic (exact) mass is 264 g/mol. The van der Waals surface area contributed by atoms with E-state index < -0.39 is 30.2 Å². The Morgan fingerprint density at radius 1 is 1.32 bits per heavy atom. The lowest BCUT2D eigenvalue weighted by molar-refractivity contribution is -0.143. The number of carboxylic acids is 1. The lowest BCUT2D eigenvalue weighted by Crippen LogP contribution is -2.43. The third-order valence-corrected chi connectivity index (χ3v) is 2.65. The number of nitrogens with one attached hydrogen (secondary N) is 1. The summed E-state index contributed by atoms with van der Waals surface area (Å²) in [4.78, 5) is 33.3. The second-order valence-corrected chi connectivity index (χ2v) is 4.23. The van der Waals surface area contributed by atoms with Crippen LogP contribution in [0, 0.1) is 6.92 Å². The highest BCUT2D eigenvalue weighted by molar-refractivity contribution is 5.88. The van der Waals surface area contributed by atoms with Crippen LogP contribution in [-0.4, -0.2) is 28.9 Å². The molecule has 0 heterocycles. The van der Waals surface area contributed by atoms with Crippen molar-refractivity contribution in [1.29, 1.82) is 0 Å². The second-order valence-electron chi connectivity index (χ2n) is 4.23. The molecule has 0 aliphatic heterocycles. The summed E-state index contributed by atoms with van der Waals surface area (Å²) in [7, 11) is 0. The van der Waals surface area contributed by atoms with Crippen LogP contribution in [0.3, 0.4) is 0 Å². The number of benzene rings is 1. The van der Waals surface area contributed by atoms with Gasteiger partial charge in [0.15, 0.2) is 0 Å². The van der Waals surface area contributed by atoms with Gasteiger partial charge in [-0.3, -0.25) is 9.59 Å². The zero-order valence-corrected chi connectivity index (χ0v) is 10.6. The summed E-state index contributed by atoms with van der Waals surface area (Å²) in [6.07, 6.45) is -0.357. The lowest BCUT2D eigenvalue weighted by atomic mass is 10.1. The number of carbonyl (C=O) groups is 3. The quantitative estimate of drug-likeness (QED) is 0.670. The van der Waals surface area contributed by atoms with E-state index >= 15 is 0 Å². The van der Waals surface area contributed by atoms with Gasteiger partial charge in [0.2, 0.25) is 11.8 Å². The normalized spacial score (nSPS) is 11.6. The van der Waals surface area contributed by atoms with E-state index in [1.807, 2.05) is 19.1 Å². The molecule has 0 aliphatic carbocycles. The zero-order chi connectivity index (χ0) is 14.4. The molecule has 0 radical (unpaired) electrons. The van der Waals surface area contributed by atoms with Crippen molar-refractivity contribution in [2.75, 3.05) is 0 Å². The molecular formula is C13H16N2O4. The summed E-state index contributed by atoms with van der Waals surface area (Å²) in [6, 6.07) is 6.02. The van der Waals surface area contributed by atoms with Gasteiger partial charge in [-0.15, -0.1) is 0 Å². The molecule has 0 fully saturated rings. The van der Waals surface area contributed by atoms with Crippen molar-refractivity contribution in [3.8, 4) is 0 Å². The van der Waals surface area contributed by atoms with Crippen molar-refractivity contribution < 1.29 is 19.5 Å². The Kier molecular flexibility index (Phi) is 5.05. The van der Waals surface area contributed by atoms with Crippen LogP contribution in [-0.2, 0) is 20.8 Å². The summed E-state index contributed by atoms with van der Waals surface area (Å²) in [5, 5.41) is 11.2. The van der Waals surface area contributed by atoms with Crippen LogP contribution in [0.5, 0.6) is 0 Å². The summed E-state index contributed by atoms with van der Waals surface area (Å²) in [5.74, 6) is -2.51. The van der Waals surface area contributed by atoms with Gasteiger partial charge in [0.1, 0.15) is 6.04 Å². The van der Waals surface area contributed by atoms with Crippen LogP contribution >= 0.6 is 0 Å². The van der Waals surface area contributed by atoms with Gasteiger partial charge in [-0.1, -0.05) is 24.3 Å². The van der Waals surface area contributed by atoms with Crippen molar-refractivity contribution >= 4 is 17.8 Å². The maximum Gasteiger partial charge on any atom is 0.326 e. The molecule has 1 aromatic rings. The minimum absolute atomic E-state index is 0.0647. The fraction of sp³-hybridized carbons (Fsp3) is 0.308. The molecule has 1 atom stereocenters. The smallest absolute Gasteiger partial charge is 0.326 e. The van der Waals surface area contributed by atoms with Gasteiger partial charge in [0.05, 0.1) is 12.8 Å². The van der Waals surface area contributed by atoms with E-state index in [0.717, 1.165) is 11.1 Å². The first-order valence-electron chi connectivity index (χ1n) is 5.75. The first-order chi connectivity index (χ1) is 8.90. The number of aliphatic carboxylic acids is 1. The molecule has 102 valence electrons. The number of primary amides is 1. The van der Waals surface area contributed by atoms with Gasteiger partial charge in [-0.05, 0) is 18.1 Å². The zero-order valence-electron chi connectivity index (χ0n) is 10.6. The molecule has 0 aromatic heterocycles. The SMILES string of the molecule is Cc1ccccc1CC(=O)N[C@@H](CC(N)=O)C(=O)O. The van der Waals surface area contributed by atoms with Gasteiger partial charge < -0.3 is 16.2 Å². The maximum atomic E-state index is 11.7. The molecule has 0 saturated carbocycles. The van der Waals surface area contributed by atoms with Crippen molar-refractivity contribution in [2.24, 2.45) is 5.73 Å². The highest BCUT2D eigenvalue weighted by atomic mass is 16.4. The Labute approximate surface area is 110 Å². The van der Waals surface area contributed by atoms with E-state index in [2.05, 4.69) is 5.32 Å². The third-order valence-electron chi connectivity index (χ3n) is 2.65. The Balaban J connectivity index is 2.65. The molecule has 1 aromatic carbocycles.